The molecule has 0 aromatic carbocycles. The van der Waals surface area contributed by atoms with Gasteiger partial charge in [0.1, 0.15) is 5.60 Å². The van der Waals surface area contributed by atoms with E-state index in [1.165, 1.54) is 6.08 Å². The highest BCUT2D eigenvalue weighted by Crippen LogP contribution is 2.44. The Labute approximate surface area is 250 Å². The number of hydrogen-bond donors (Lipinski definition) is 1. The lowest BCUT2D eigenvalue weighted by atomic mass is 9.84. The summed E-state index contributed by atoms with van der Waals surface area (Å²) in [4.78, 5) is 80.6. The molecule has 5 atom stereocenters. The minimum Gasteiger partial charge on any atom is -0.460 e. The number of ether oxygens (including phenoxy) is 1. The summed E-state index contributed by atoms with van der Waals surface area (Å²) in [6.07, 6.45) is 7.05. The lowest BCUT2D eigenvalue weighted by Crippen LogP contribution is -2.47. The van der Waals surface area contributed by atoms with E-state index in [0.717, 1.165) is 37.7 Å². The summed E-state index contributed by atoms with van der Waals surface area (Å²) in [6, 6.07) is -0.648. The van der Waals surface area contributed by atoms with Gasteiger partial charge >= 0.3 is 5.97 Å². The third-order valence-electron chi connectivity index (χ3n) is 8.47. The molecular weight excluding hydrogens is 536 g/mol. The molecule has 1 aliphatic heterocycles. The Balaban J connectivity index is 1.81. The zero-order chi connectivity index (χ0) is 31.2. The van der Waals surface area contributed by atoms with Crippen LogP contribution in [0.2, 0.25) is 0 Å². The first-order chi connectivity index (χ1) is 19.7. The lowest BCUT2D eigenvalue weighted by Gasteiger charge is -2.31. The topological polar surface area (TPSA) is 127 Å². The number of allylic oxidation sites excluding steroid dienone is 2. The summed E-state index contributed by atoms with van der Waals surface area (Å²) in [5.74, 6) is -3.69. The van der Waals surface area contributed by atoms with Gasteiger partial charge < -0.3 is 15.0 Å². The molecule has 0 bridgehead atoms. The van der Waals surface area contributed by atoms with E-state index < -0.39 is 41.1 Å². The van der Waals surface area contributed by atoms with E-state index in [4.69, 9.17) is 4.74 Å². The number of esters is 1. The Morgan fingerprint density at radius 3 is 2.24 bits per heavy atom. The molecule has 1 N–H and O–H groups in total. The molecule has 234 valence electrons. The molecule has 2 saturated carbocycles. The fourth-order valence-corrected chi connectivity index (χ4v) is 6.49. The Kier molecular flexibility index (Phi) is 11.7. The predicted octanol–water partition coefficient (Wildman–Crippen LogP) is 4.50. The molecule has 1 saturated heterocycles. The van der Waals surface area contributed by atoms with Gasteiger partial charge in [-0.1, -0.05) is 25.3 Å². The van der Waals surface area contributed by atoms with E-state index in [9.17, 15) is 28.8 Å². The maximum absolute atomic E-state index is 14.1. The number of nitrogens with one attached hydrogen (secondary N) is 1. The summed E-state index contributed by atoms with van der Waals surface area (Å²) in [5.41, 5.74) is 0.133. The number of amides is 2. The Morgan fingerprint density at radius 1 is 0.952 bits per heavy atom. The van der Waals surface area contributed by atoms with E-state index in [-0.39, 0.29) is 61.0 Å². The zero-order valence-corrected chi connectivity index (χ0v) is 26.3. The minimum atomic E-state index is -0.805. The largest absolute Gasteiger partial charge is 0.460 e. The highest BCUT2D eigenvalue weighted by Gasteiger charge is 2.50. The molecule has 9 heteroatoms. The maximum atomic E-state index is 14.1. The number of likely N-dealkylation sites (tertiary alicyclic amines) is 1. The first-order valence-electron chi connectivity index (χ1n) is 15.8. The molecule has 0 unspecified atom stereocenters. The molecule has 3 aliphatic rings. The quantitative estimate of drug-likeness (QED) is 0.170. The molecule has 2 aliphatic carbocycles. The minimum absolute atomic E-state index is 0.00592. The summed E-state index contributed by atoms with van der Waals surface area (Å²) >= 11 is 0. The van der Waals surface area contributed by atoms with Crippen molar-refractivity contribution in [3.8, 4) is 0 Å². The highest BCUT2D eigenvalue weighted by atomic mass is 16.6. The van der Waals surface area contributed by atoms with Gasteiger partial charge in [0, 0.05) is 37.3 Å². The van der Waals surface area contributed by atoms with Gasteiger partial charge in [0.25, 0.3) is 5.91 Å². The van der Waals surface area contributed by atoms with E-state index >= 15 is 0 Å². The van der Waals surface area contributed by atoms with E-state index in [1.54, 1.807) is 25.7 Å². The van der Waals surface area contributed by atoms with Crippen LogP contribution in [-0.2, 0) is 33.5 Å². The molecule has 0 radical (unpaired) electrons. The SMILES string of the molecule is CCC[C@H](CC(=O)[C@@H]1[C@H]2CCC[C@H]2CN1C(=O)[C@H](CCC(=O)C=C(C)C)CC(=O)OC(C)(C)C)C(=O)C(=O)NC1CC1. The van der Waals surface area contributed by atoms with Crippen molar-refractivity contribution in [3.05, 3.63) is 11.6 Å². The summed E-state index contributed by atoms with van der Waals surface area (Å²) in [7, 11) is 0. The van der Waals surface area contributed by atoms with Gasteiger partial charge in [-0.3, -0.25) is 28.8 Å². The van der Waals surface area contributed by atoms with Crippen LogP contribution < -0.4 is 5.32 Å². The fourth-order valence-electron chi connectivity index (χ4n) is 6.49. The number of carbonyl (C=O) groups is 6. The third-order valence-corrected chi connectivity index (χ3v) is 8.47. The number of hydrogen-bond acceptors (Lipinski definition) is 7. The van der Waals surface area contributed by atoms with Crippen LogP contribution in [0.3, 0.4) is 0 Å². The normalized spacial score (nSPS) is 23.0. The Bertz CT molecular complexity index is 1080. The average molecular weight is 587 g/mol. The van der Waals surface area contributed by atoms with Crippen LogP contribution in [0.4, 0.5) is 0 Å². The second kappa shape index (κ2) is 14.6. The Morgan fingerprint density at radius 2 is 1.64 bits per heavy atom. The van der Waals surface area contributed by atoms with Gasteiger partial charge in [-0.25, -0.2) is 0 Å². The van der Waals surface area contributed by atoms with Crippen LogP contribution in [0.15, 0.2) is 11.6 Å². The molecule has 9 nitrogen and oxygen atoms in total. The highest BCUT2D eigenvalue weighted by molar-refractivity contribution is 6.37. The second-order valence-electron chi connectivity index (χ2n) is 13.8. The molecular formula is C33H50N2O7. The van der Waals surface area contributed by atoms with Crippen molar-refractivity contribution >= 4 is 35.1 Å². The van der Waals surface area contributed by atoms with Crippen LogP contribution in [0.1, 0.15) is 112 Å². The molecule has 0 aromatic heterocycles. The van der Waals surface area contributed by atoms with E-state index in [0.29, 0.717) is 19.4 Å². The lowest BCUT2D eigenvalue weighted by molar-refractivity contribution is -0.159. The van der Waals surface area contributed by atoms with Gasteiger partial charge in [0.15, 0.2) is 11.6 Å². The van der Waals surface area contributed by atoms with Gasteiger partial charge in [0.2, 0.25) is 11.7 Å². The van der Waals surface area contributed by atoms with Crippen LogP contribution in [0, 0.1) is 23.7 Å². The van der Waals surface area contributed by atoms with Crippen molar-refractivity contribution in [1.29, 1.82) is 0 Å². The van der Waals surface area contributed by atoms with Gasteiger partial charge in [-0.2, -0.15) is 0 Å². The molecule has 0 aromatic rings. The van der Waals surface area contributed by atoms with Crippen LogP contribution in [0.5, 0.6) is 0 Å². The maximum Gasteiger partial charge on any atom is 0.307 e. The number of fused-ring (bicyclic) bond motifs is 1. The number of Topliss-reactive ketones (excluding diaryl/α,β-unsaturated/α-hetero) is 2. The molecule has 42 heavy (non-hydrogen) atoms. The predicted molar refractivity (Wildman–Crippen MR) is 158 cm³/mol. The number of rotatable bonds is 15. The first kappa shape index (κ1) is 33.7. The molecule has 2 amide bonds. The van der Waals surface area contributed by atoms with E-state index in [1.807, 2.05) is 20.8 Å². The zero-order valence-electron chi connectivity index (χ0n) is 26.3. The van der Waals surface area contributed by atoms with Crippen molar-refractivity contribution in [2.24, 2.45) is 23.7 Å². The second-order valence-corrected chi connectivity index (χ2v) is 13.8. The van der Waals surface area contributed by atoms with Crippen molar-refractivity contribution in [3.63, 3.8) is 0 Å². The van der Waals surface area contributed by atoms with Gasteiger partial charge in [0.05, 0.1) is 12.5 Å². The van der Waals surface area contributed by atoms with E-state index in [2.05, 4.69) is 5.32 Å². The molecule has 3 rings (SSSR count). The third kappa shape index (κ3) is 9.60. The molecule has 1 heterocycles. The van der Waals surface area contributed by atoms with Crippen molar-refractivity contribution in [2.75, 3.05) is 6.54 Å². The van der Waals surface area contributed by atoms with Crippen LogP contribution in [0.25, 0.3) is 0 Å². The number of nitrogens with zero attached hydrogens (tertiary/aromatic N) is 1. The molecule has 3 fully saturated rings. The van der Waals surface area contributed by atoms with Crippen LogP contribution >= 0.6 is 0 Å². The molecule has 0 spiro atoms. The van der Waals surface area contributed by atoms with Gasteiger partial charge in [-0.15, -0.1) is 0 Å². The Hall–Kier alpha value is -2.84. The monoisotopic (exact) mass is 586 g/mol. The smallest absolute Gasteiger partial charge is 0.307 e. The fraction of sp³-hybridized carbons (Fsp3) is 0.758. The van der Waals surface area contributed by atoms with Crippen molar-refractivity contribution in [2.45, 2.75) is 130 Å². The summed E-state index contributed by atoms with van der Waals surface area (Å²) < 4.78 is 5.51. The van der Waals surface area contributed by atoms with Gasteiger partial charge in [-0.05, 0) is 91.1 Å². The standard InChI is InChI=1S/C33H50N2O7/c1-7-9-21(30(39)31(40)34-24-13-14-24)17-27(37)29-26-11-8-10-23(26)19-35(29)32(41)22(12-15-25(36)16-20(2)3)18-28(38)42-33(4,5)6/h16,21-24,26,29H,7-15,17-19H2,1-6H3,(H,34,40)/t21-,22-,23+,26+,29+/m1/s1. The summed E-state index contributed by atoms with van der Waals surface area (Å²) in [5, 5.41) is 2.74. The number of carbonyl (C=O) groups excluding carboxylic acids is 6. The first-order valence-corrected chi connectivity index (χ1v) is 15.8. The summed E-state index contributed by atoms with van der Waals surface area (Å²) in [6.45, 7) is 11.3. The van der Waals surface area contributed by atoms with Crippen molar-refractivity contribution < 1.29 is 33.5 Å². The van der Waals surface area contributed by atoms with Crippen LogP contribution in [-0.4, -0.2) is 64.3 Å². The number of ketones is 3. The van der Waals surface area contributed by atoms with Crippen molar-refractivity contribution in [1.82, 2.24) is 10.2 Å². The average Bonchev–Trinajstić information content (AvgIpc) is 3.44.